The summed E-state index contributed by atoms with van der Waals surface area (Å²) in [7, 11) is 3.35. The van der Waals surface area contributed by atoms with Crippen LogP contribution in [0.5, 0.6) is 11.5 Å². The summed E-state index contributed by atoms with van der Waals surface area (Å²) in [4.78, 5) is 14.9. The number of ether oxygens (including phenoxy) is 2. The van der Waals surface area contributed by atoms with Crippen LogP contribution in [0, 0.1) is 12.8 Å². The summed E-state index contributed by atoms with van der Waals surface area (Å²) in [5, 5.41) is 11.4. The van der Waals surface area contributed by atoms with Gasteiger partial charge in [-0.05, 0) is 62.0 Å². The lowest BCUT2D eigenvalue weighted by atomic mass is 9.92. The van der Waals surface area contributed by atoms with Gasteiger partial charge < -0.3 is 14.6 Å². The van der Waals surface area contributed by atoms with Crippen LogP contribution in [0.25, 0.3) is 0 Å². The molecule has 2 heterocycles. The maximum atomic E-state index is 11.3. The second-order valence-corrected chi connectivity index (χ2v) is 7.54. The molecular formula is C20H25NO4S. The SMILES string of the molecule is COc1cccc(OC)c1C(c1sccc1C)N1CCC(C(=O)O)CC1. The molecule has 0 amide bonds. The Hall–Kier alpha value is -2.05. The van der Waals surface area contributed by atoms with Crippen molar-refractivity contribution in [1.82, 2.24) is 4.90 Å². The Morgan fingerprint density at radius 3 is 2.27 bits per heavy atom. The molecule has 1 aliphatic rings. The van der Waals surface area contributed by atoms with E-state index in [9.17, 15) is 9.90 Å². The van der Waals surface area contributed by atoms with Crippen LogP contribution in [0.15, 0.2) is 29.6 Å². The Morgan fingerprint density at radius 2 is 1.81 bits per heavy atom. The lowest BCUT2D eigenvalue weighted by Gasteiger charge is -2.37. The molecule has 3 rings (SSSR count). The number of hydrogen-bond donors (Lipinski definition) is 1. The first-order valence-electron chi connectivity index (χ1n) is 8.78. The van der Waals surface area contributed by atoms with Crippen LogP contribution >= 0.6 is 11.3 Å². The average molecular weight is 375 g/mol. The van der Waals surface area contributed by atoms with Crippen molar-refractivity contribution in [3.8, 4) is 11.5 Å². The molecule has 0 spiro atoms. The number of aliphatic carboxylic acids is 1. The average Bonchev–Trinajstić information content (AvgIpc) is 3.08. The monoisotopic (exact) mass is 375 g/mol. The van der Waals surface area contributed by atoms with Gasteiger partial charge in [0.05, 0.1) is 31.7 Å². The van der Waals surface area contributed by atoms with Crippen molar-refractivity contribution >= 4 is 17.3 Å². The van der Waals surface area contributed by atoms with Gasteiger partial charge in [0.25, 0.3) is 0 Å². The van der Waals surface area contributed by atoms with E-state index in [1.165, 1.54) is 10.4 Å². The van der Waals surface area contributed by atoms with Crippen molar-refractivity contribution in [1.29, 1.82) is 0 Å². The van der Waals surface area contributed by atoms with Crippen LogP contribution in [0.4, 0.5) is 0 Å². The van der Waals surface area contributed by atoms with E-state index in [-0.39, 0.29) is 12.0 Å². The number of rotatable bonds is 6. The summed E-state index contributed by atoms with van der Waals surface area (Å²) in [6.07, 6.45) is 1.32. The Morgan fingerprint density at radius 1 is 1.19 bits per heavy atom. The number of hydrogen-bond acceptors (Lipinski definition) is 5. The summed E-state index contributed by atoms with van der Waals surface area (Å²) < 4.78 is 11.3. The van der Waals surface area contributed by atoms with E-state index in [1.807, 2.05) is 18.2 Å². The third-order valence-corrected chi connectivity index (χ3v) is 6.20. The number of carboxylic acid groups (broad SMARTS) is 1. The number of benzene rings is 1. The first-order chi connectivity index (χ1) is 12.6. The van der Waals surface area contributed by atoms with Gasteiger partial charge in [0.2, 0.25) is 0 Å². The smallest absolute Gasteiger partial charge is 0.306 e. The Balaban J connectivity index is 2.04. The molecule has 140 valence electrons. The van der Waals surface area contributed by atoms with E-state index < -0.39 is 5.97 Å². The highest BCUT2D eigenvalue weighted by Crippen LogP contribution is 2.44. The quantitative estimate of drug-likeness (QED) is 0.828. The molecule has 26 heavy (non-hydrogen) atoms. The zero-order valence-corrected chi connectivity index (χ0v) is 16.2. The molecule has 1 saturated heterocycles. The van der Waals surface area contributed by atoms with Crippen LogP contribution in [-0.4, -0.2) is 43.3 Å². The number of thiophene rings is 1. The Bertz CT molecular complexity index is 743. The lowest BCUT2D eigenvalue weighted by molar-refractivity contribution is -0.143. The second-order valence-electron chi connectivity index (χ2n) is 6.60. The van der Waals surface area contributed by atoms with Gasteiger partial charge in [-0.15, -0.1) is 11.3 Å². The van der Waals surface area contributed by atoms with Gasteiger partial charge in [0.1, 0.15) is 11.5 Å². The van der Waals surface area contributed by atoms with Gasteiger partial charge in [-0.25, -0.2) is 0 Å². The molecule has 1 N–H and O–H groups in total. The molecule has 1 atom stereocenters. The molecule has 0 aliphatic carbocycles. The van der Waals surface area contributed by atoms with Gasteiger partial charge in [-0.2, -0.15) is 0 Å². The van der Waals surface area contributed by atoms with E-state index in [0.717, 1.165) is 30.2 Å². The predicted octanol–water partition coefficient (Wildman–Crippen LogP) is 3.96. The number of aryl methyl sites for hydroxylation is 1. The summed E-state index contributed by atoms with van der Waals surface area (Å²) in [5.41, 5.74) is 2.24. The molecule has 1 fully saturated rings. The fourth-order valence-corrected chi connectivity index (χ4v) is 4.77. The van der Waals surface area contributed by atoms with Gasteiger partial charge in [-0.1, -0.05) is 6.07 Å². The van der Waals surface area contributed by atoms with Crippen LogP contribution in [0.3, 0.4) is 0 Å². The third-order valence-electron chi connectivity index (χ3n) is 5.13. The Kier molecular flexibility index (Phi) is 5.84. The molecule has 1 aromatic carbocycles. The molecule has 0 radical (unpaired) electrons. The minimum absolute atomic E-state index is 0.00385. The lowest BCUT2D eigenvalue weighted by Crippen LogP contribution is -2.39. The first kappa shape index (κ1) is 18.7. The zero-order chi connectivity index (χ0) is 18.7. The fourth-order valence-electron chi connectivity index (χ4n) is 3.70. The number of nitrogens with zero attached hydrogens (tertiary/aromatic N) is 1. The zero-order valence-electron chi connectivity index (χ0n) is 15.4. The highest BCUT2D eigenvalue weighted by molar-refractivity contribution is 7.10. The van der Waals surface area contributed by atoms with Crippen LogP contribution in [0.2, 0.25) is 0 Å². The predicted molar refractivity (Wildman–Crippen MR) is 102 cm³/mol. The molecular weight excluding hydrogens is 350 g/mol. The molecule has 2 aromatic rings. The van der Waals surface area contributed by atoms with Crippen molar-refractivity contribution in [3.63, 3.8) is 0 Å². The molecule has 6 heteroatoms. The van der Waals surface area contributed by atoms with Gasteiger partial charge in [0.15, 0.2) is 0 Å². The van der Waals surface area contributed by atoms with E-state index in [0.29, 0.717) is 12.8 Å². The molecule has 1 aromatic heterocycles. The number of methoxy groups -OCH3 is 2. The number of carboxylic acids is 1. The maximum Gasteiger partial charge on any atom is 0.306 e. The standard InChI is InChI=1S/C20H25NO4S/c1-13-9-12-26-19(13)18(21-10-7-14(8-11-21)20(22)23)17-15(24-2)5-4-6-16(17)25-3/h4-6,9,12,14,18H,7-8,10-11H2,1-3H3,(H,22,23). The fraction of sp³-hybridized carbons (Fsp3) is 0.450. The minimum atomic E-state index is -0.691. The van der Waals surface area contributed by atoms with Gasteiger partial charge >= 0.3 is 5.97 Å². The molecule has 0 saturated carbocycles. The van der Waals surface area contributed by atoms with Crippen molar-refractivity contribution in [3.05, 3.63) is 45.6 Å². The summed E-state index contributed by atoms with van der Waals surface area (Å²) in [5.74, 6) is 0.643. The highest BCUT2D eigenvalue weighted by Gasteiger charge is 2.34. The topological polar surface area (TPSA) is 59.0 Å². The highest BCUT2D eigenvalue weighted by atomic mass is 32.1. The second kappa shape index (κ2) is 8.10. The minimum Gasteiger partial charge on any atom is -0.496 e. The van der Waals surface area contributed by atoms with Crippen LogP contribution in [-0.2, 0) is 4.79 Å². The summed E-state index contributed by atoms with van der Waals surface area (Å²) >= 11 is 1.72. The largest absolute Gasteiger partial charge is 0.496 e. The van der Waals surface area contributed by atoms with Gasteiger partial charge in [0, 0.05) is 4.88 Å². The number of likely N-dealkylation sites (tertiary alicyclic amines) is 1. The Labute approximate surface area is 158 Å². The van der Waals surface area contributed by atoms with Crippen LogP contribution < -0.4 is 9.47 Å². The molecule has 1 aliphatic heterocycles. The maximum absolute atomic E-state index is 11.3. The van der Waals surface area contributed by atoms with E-state index in [1.54, 1.807) is 25.6 Å². The van der Waals surface area contributed by atoms with Crippen LogP contribution in [0.1, 0.15) is 34.9 Å². The molecule has 0 bridgehead atoms. The number of carbonyl (C=O) groups is 1. The van der Waals surface area contributed by atoms with Gasteiger partial charge in [-0.3, -0.25) is 9.69 Å². The molecule has 1 unspecified atom stereocenters. The molecule has 5 nitrogen and oxygen atoms in total. The van der Waals surface area contributed by atoms with Crippen molar-refractivity contribution in [2.45, 2.75) is 25.8 Å². The van der Waals surface area contributed by atoms with Crippen molar-refractivity contribution < 1.29 is 19.4 Å². The third kappa shape index (κ3) is 3.57. The summed E-state index contributed by atoms with van der Waals surface area (Å²) in [6.45, 7) is 3.59. The van der Waals surface area contributed by atoms with Crippen molar-refractivity contribution in [2.75, 3.05) is 27.3 Å². The normalized spacial score (nSPS) is 17.0. The van der Waals surface area contributed by atoms with E-state index in [2.05, 4.69) is 23.3 Å². The van der Waals surface area contributed by atoms with E-state index >= 15 is 0 Å². The summed E-state index contributed by atoms with van der Waals surface area (Å²) in [6, 6.07) is 7.96. The first-order valence-corrected chi connectivity index (χ1v) is 9.66. The van der Waals surface area contributed by atoms with Crippen molar-refractivity contribution in [2.24, 2.45) is 5.92 Å². The van der Waals surface area contributed by atoms with E-state index in [4.69, 9.17) is 9.47 Å². The number of piperidine rings is 1.